The molecule has 5 nitrogen and oxygen atoms in total. The van der Waals surface area contributed by atoms with Gasteiger partial charge in [-0.15, -0.1) is 0 Å². The topological polar surface area (TPSA) is 62.5 Å². The standard InChI is InChI=1S/C22H28N4O/c1-4-5-9-20(26(3)19-10-7-6-8-11-19)17-25(2)22(27)15-13-18-12-14-21(23)24-16-18/h6-16H,4-5,17H2,1-3H3,(H2,23,24)/b15-13+,20-9-. The van der Waals surface area contributed by atoms with Crippen molar-refractivity contribution in [3.8, 4) is 0 Å². The van der Waals surface area contributed by atoms with Crippen molar-refractivity contribution in [2.45, 2.75) is 19.8 Å². The van der Waals surface area contributed by atoms with Gasteiger partial charge < -0.3 is 15.5 Å². The number of rotatable bonds is 8. The predicted octanol–water partition coefficient (Wildman–Crippen LogP) is 3.96. The van der Waals surface area contributed by atoms with Crippen molar-refractivity contribution in [2.75, 3.05) is 31.3 Å². The Kier molecular flexibility index (Phi) is 7.62. The van der Waals surface area contributed by atoms with Gasteiger partial charge in [0.1, 0.15) is 5.82 Å². The predicted molar refractivity (Wildman–Crippen MR) is 113 cm³/mol. The van der Waals surface area contributed by atoms with Crippen molar-refractivity contribution >= 4 is 23.5 Å². The van der Waals surface area contributed by atoms with Crippen molar-refractivity contribution in [1.82, 2.24) is 9.88 Å². The molecule has 1 amide bonds. The maximum Gasteiger partial charge on any atom is 0.246 e. The normalized spacial score (nSPS) is 11.6. The summed E-state index contributed by atoms with van der Waals surface area (Å²) in [6.07, 6.45) is 9.20. The number of aromatic nitrogens is 1. The van der Waals surface area contributed by atoms with Crippen LogP contribution in [0, 0.1) is 0 Å². The number of carbonyl (C=O) groups excluding carboxylic acids is 1. The first kappa shape index (κ1) is 20.2. The molecule has 0 fully saturated rings. The van der Waals surface area contributed by atoms with Crippen molar-refractivity contribution in [3.05, 3.63) is 72.1 Å². The average molecular weight is 364 g/mol. The first-order chi connectivity index (χ1) is 13.0. The first-order valence-electron chi connectivity index (χ1n) is 9.13. The van der Waals surface area contributed by atoms with Crippen LogP contribution in [0.2, 0.25) is 0 Å². The minimum Gasteiger partial charge on any atom is -0.384 e. The van der Waals surface area contributed by atoms with Crippen LogP contribution in [0.3, 0.4) is 0 Å². The molecule has 2 rings (SSSR count). The molecule has 1 aromatic carbocycles. The van der Waals surface area contributed by atoms with Gasteiger partial charge in [0.05, 0.1) is 6.54 Å². The number of anilines is 2. The second-order valence-corrected chi connectivity index (χ2v) is 6.42. The smallest absolute Gasteiger partial charge is 0.246 e. The number of para-hydroxylation sites is 1. The number of amides is 1. The van der Waals surface area contributed by atoms with Crippen LogP contribution in [0.5, 0.6) is 0 Å². The number of hydrogen-bond donors (Lipinski definition) is 1. The zero-order valence-electron chi connectivity index (χ0n) is 16.3. The number of unbranched alkanes of at least 4 members (excludes halogenated alkanes) is 1. The van der Waals surface area contributed by atoms with Gasteiger partial charge in [-0.1, -0.05) is 37.6 Å². The lowest BCUT2D eigenvalue weighted by atomic mass is 10.2. The van der Waals surface area contributed by atoms with Crippen LogP contribution < -0.4 is 10.6 Å². The highest BCUT2D eigenvalue weighted by Crippen LogP contribution is 2.18. The Bertz CT molecular complexity index is 782. The Morgan fingerprint density at radius 3 is 2.52 bits per heavy atom. The Morgan fingerprint density at radius 2 is 1.89 bits per heavy atom. The summed E-state index contributed by atoms with van der Waals surface area (Å²) in [4.78, 5) is 20.4. The zero-order chi connectivity index (χ0) is 19.6. The second kappa shape index (κ2) is 10.2. The summed E-state index contributed by atoms with van der Waals surface area (Å²) < 4.78 is 0. The van der Waals surface area contributed by atoms with E-state index < -0.39 is 0 Å². The van der Waals surface area contributed by atoms with E-state index in [9.17, 15) is 4.79 Å². The molecule has 0 saturated carbocycles. The maximum atomic E-state index is 12.5. The van der Waals surface area contributed by atoms with Gasteiger partial charge >= 0.3 is 0 Å². The van der Waals surface area contributed by atoms with Gasteiger partial charge in [-0.2, -0.15) is 0 Å². The number of nitrogen functional groups attached to an aromatic ring is 1. The van der Waals surface area contributed by atoms with Crippen LogP contribution in [0.15, 0.2) is 66.5 Å². The number of hydrogen-bond acceptors (Lipinski definition) is 4. The lowest BCUT2D eigenvalue weighted by Crippen LogP contribution is -2.32. The third kappa shape index (κ3) is 6.29. The van der Waals surface area contributed by atoms with Gasteiger partial charge in [-0.05, 0) is 42.3 Å². The number of benzene rings is 1. The van der Waals surface area contributed by atoms with Crippen LogP contribution in [-0.2, 0) is 4.79 Å². The molecular formula is C22H28N4O. The lowest BCUT2D eigenvalue weighted by molar-refractivity contribution is -0.124. The van der Waals surface area contributed by atoms with Gasteiger partial charge in [0.2, 0.25) is 5.91 Å². The molecule has 0 aliphatic carbocycles. The number of likely N-dealkylation sites (N-methyl/N-ethyl adjacent to an activating group) is 2. The zero-order valence-corrected chi connectivity index (χ0v) is 16.3. The van der Waals surface area contributed by atoms with E-state index in [0.717, 1.165) is 29.8 Å². The summed E-state index contributed by atoms with van der Waals surface area (Å²) in [5.74, 6) is 0.404. The number of carbonyl (C=O) groups is 1. The summed E-state index contributed by atoms with van der Waals surface area (Å²) in [5.41, 5.74) is 8.62. The first-order valence-corrected chi connectivity index (χ1v) is 9.13. The van der Waals surface area contributed by atoms with Crippen LogP contribution in [0.1, 0.15) is 25.3 Å². The van der Waals surface area contributed by atoms with E-state index in [1.807, 2.05) is 38.4 Å². The molecule has 0 bridgehead atoms. The summed E-state index contributed by atoms with van der Waals surface area (Å²) in [7, 11) is 3.84. The second-order valence-electron chi connectivity index (χ2n) is 6.42. The molecule has 1 aromatic heterocycles. The van der Waals surface area contributed by atoms with E-state index in [1.165, 1.54) is 0 Å². The molecule has 2 aromatic rings. The molecule has 2 N–H and O–H groups in total. The Balaban J connectivity index is 2.07. The van der Waals surface area contributed by atoms with E-state index in [2.05, 4.69) is 35.0 Å². The molecule has 0 spiro atoms. The third-order valence-electron chi connectivity index (χ3n) is 4.25. The van der Waals surface area contributed by atoms with Crippen LogP contribution in [0.25, 0.3) is 6.08 Å². The Morgan fingerprint density at radius 1 is 1.15 bits per heavy atom. The minimum atomic E-state index is -0.0596. The molecule has 5 heteroatoms. The average Bonchev–Trinajstić information content (AvgIpc) is 2.70. The quantitative estimate of drug-likeness (QED) is 0.720. The number of allylic oxidation sites excluding steroid dienone is 1. The van der Waals surface area contributed by atoms with Crippen molar-refractivity contribution in [2.24, 2.45) is 0 Å². The summed E-state index contributed by atoms with van der Waals surface area (Å²) >= 11 is 0. The highest BCUT2D eigenvalue weighted by molar-refractivity contribution is 5.91. The van der Waals surface area contributed by atoms with E-state index >= 15 is 0 Å². The Hall–Kier alpha value is -3.08. The molecule has 0 radical (unpaired) electrons. The molecule has 0 atom stereocenters. The van der Waals surface area contributed by atoms with Crippen molar-refractivity contribution in [1.29, 1.82) is 0 Å². The molecular weight excluding hydrogens is 336 g/mol. The monoisotopic (exact) mass is 364 g/mol. The summed E-state index contributed by atoms with van der Waals surface area (Å²) in [5, 5.41) is 0. The minimum absolute atomic E-state index is 0.0596. The van der Waals surface area contributed by atoms with E-state index in [4.69, 9.17) is 5.73 Å². The van der Waals surface area contributed by atoms with Gasteiger partial charge in [0.25, 0.3) is 0 Å². The molecule has 142 valence electrons. The summed E-state index contributed by atoms with van der Waals surface area (Å²) in [6.45, 7) is 2.68. The van der Waals surface area contributed by atoms with Gasteiger partial charge in [-0.3, -0.25) is 4.79 Å². The lowest BCUT2D eigenvalue weighted by Gasteiger charge is -2.27. The molecule has 0 unspecified atom stereocenters. The summed E-state index contributed by atoms with van der Waals surface area (Å²) in [6, 6.07) is 13.7. The fraction of sp³-hybridized carbons (Fsp3) is 0.273. The van der Waals surface area contributed by atoms with Gasteiger partial charge in [0, 0.05) is 37.8 Å². The fourth-order valence-corrected chi connectivity index (χ4v) is 2.57. The largest absolute Gasteiger partial charge is 0.384 e. The molecule has 0 aliphatic heterocycles. The van der Waals surface area contributed by atoms with Crippen LogP contribution in [-0.4, -0.2) is 36.4 Å². The van der Waals surface area contributed by atoms with E-state index in [-0.39, 0.29) is 5.91 Å². The van der Waals surface area contributed by atoms with E-state index in [1.54, 1.807) is 29.3 Å². The Labute approximate surface area is 161 Å². The third-order valence-corrected chi connectivity index (χ3v) is 4.25. The number of nitrogens with two attached hydrogens (primary N) is 1. The number of pyridine rings is 1. The van der Waals surface area contributed by atoms with Crippen molar-refractivity contribution < 1.29 is 4.79 Å². The maximum absolute atomic E-state index is 12.5. The highest BCUT2D eigenvalue weighted by atomic mass is 16.2. The highest BCUT2D eigenvalue weighted by Gasteiger charge is 2.12. The SMILES string of the molecule is CCC/C=C(/CN(C)C(=O)/C=C/c1ccc(N)nc1)N(C)c1ccccc1. The van der Waals surface area contributed by atoms with Crippen LogP contribution in [0.4, 0.5) is 11.5 Å². The molecule has 27 heavy (non-hydrogen) atoms. The van der Waals surface area contributed by atoms with E-state index in [0.29, 0.717) is 12.4 Å². The molecule has 1 heterocycles. The van der Waals surface area contributed by atoms with Gasteiger partial charge in [-0.25, -0.2) is 4.98 Å². The molecule has 0 aliphatic rings. The van der Waals surface area contributed by atoms with Crippen molar-refractivity contribution in [3.63, 3.8) is 0 Å². The number of nitrogens with zero attached hydrogens (tertiary/aromatic N) is 3. The molecule has 0 saturated heterocycles. The van der Waals surface area contributed by atoms with Crippen LogP contribution >= 0.6 is 0 Å². The van der Waals surface area contributed by atoms with Gasteiger partial charge in [0.15, 0.2) is 0 Å². The fourth-order valence-electron chi connectivity index (χ4n) is 2.57.